The fourth-order valence-corrected chi connectivity index (χ4v) is 4.52. The van der Waals surface area contributed by atoms with Crippen molar-refractivity contribution in [1.29, 1.82) is 0 Å². The maximum absolute atomic E-state index is 14.2. The number of aromatic nitrogens is 2. The average molecular weight is 521 g/mol. The smallest absolute Gasteiger partial charge is 0.396 e. The summed E-state index contributed by atoms with van der Waals surface area (Å²) in [5.41, 5.74) is 1.14. The molecule has 35 heavy (non-hydrogen) atoms. The number of hydrogen-bond acceptors (Lipinski definition) is 4. The van der Waals surface area contributed by atoms with Crippen LogP contribution in [-0.2, 0) is 0 Å². The Labute approximate surface area is 208 Å². The zero-order valence-corrected chi connectivity index (χ0v) is 19.6. The minimum absolute atomic E-state index is 0.0144. The van der Waals surface area contributed by atoms with E-state index in [1.807, 2.05) is 0 Å². The van der Waals surface area contributed by atoms with Crippen LogP contribution < -0.4 is 4.74 Å². The zero-order chi connectivity index (χ0) is 25.3. The van der Waals surface area contributed by atoms with Crippen molar-refractivity contribution in [3.05, 3.63) is 93.7 Å². The summed E-state index contributed by atoms with van der Waals surface area (Å²) >= 11 is 12.4. The van der Waals surface area contributed by atoms with E-state index in [1.165, 1.54) is 73.9 Å². The van der Waals surface area contributed by atoms with Crippen molar-refractivity contribution in [2.75, 3.05) is 0 Å². The minimum Gasteiger partial charge on any atom is -0.478 e. The number of halogens is 5. The normalized spacial score (nSPS) is 13.4. The number of ether oxygens (including phenoxy) is 1. The molecule has 0 aliphatic carbocycles. The molecule has 0 aliphatic rings. The maximum Gasteiger partial charge on any atom is 0.396 e. The van der Waals surface area contributed by atoms with Gasteiger partial charge in [-0.2, -0.15) is 13.2 Å². The Bertz CT molecular complexity index is 1410. The lowest BCUT2D eigenvalue weighted by Crippen LogP contribution is -2.26. The van der Waals surface area contributed by atoms with Crippen molar-refractivity contribution in [3.8, 4) is 11.5 Å². The minimum atomic E-state index is -4.55. The molecule has 0 spiro atoms. The van der Waals surface area contributed by atoms with Crippen LogP contribution in [0.25, 0.3) is 11.0 Å². The second-order valence-electron chi connectivity index (χ2n) is 7.84. The molecular weight excluding hydrogens is 504 g/mol. The first-order valence-corrected chi connectivity index (χ1v) is 11.1. The number of fused-ring (bicyclic) bond motifs is 1. The lowest BCUT2D eigenvalue weighted by Gasteiger charge is -2.28. The highest BCUT2D eigenvalue weighted by molar-refractivity contribution is 6.33. The topological polar surface area (TPSA) is 72.3 Å². The third-order valence-electron chi connectivity index (χ3n) is 5.57. The van der Waals surface area contributed by atoms with Crippen LogP contribution in [-0.4, -0.2) is 27.2 Å². The fraction of sp³-hybridized carbons (Fsp3) is 0.160. The van der Waals surface area contributed by atoms with Crippen molar-refractivity contribution < 1.29 is 27.8 Å². The summed E-state index contributed by atoms with van der Waals surface area (Å²) in [5.74, 6) is -3.52. The Kier molecular flexibility index (Phi) is 6.87. The van der Waals surface area contributed by atoms with Crippen LogP contribution in [0.2, 0.25) is 10.0 Å². The van der Waals surface area contributed by atoms with Gasteiger partial charge in [-0.15, -0.1) is 0 Å². The third kappa shape index (κ3) is 5.33. The number of nitrogens with zero attached hydrogens (tertiary/aromatic N) is 2. The summed E-state index contributed by atoms with van der Waals surface area (Å²) in [6.07, 6.45) is -1.64. The first-order chi connectivity index (χ1) is 16.5. The molecule has 0 amide bonds. The molecular formula is C25H17Cl2F3N2O3. The van der Waals surface area contributed by atoms with Crippen LogP contribution in [0.5, 0.6) is 11.5 Å². The van der Waals surface area contributed by atoms with Crippen LogP contribution in [0.3, 0.4) is 0 Å². The number of aromatic carboxylic acids is 1. The first-order valence-electron chi connectivity index (χ1n) is 10.3. The Morgan fingerprint density at radius 1 is 0.914 bits per heavy atom. The van der Waals surface area contributed by atoms with Crippen molar-refractivity contribution >= 4 is 40.2 Å². The first kappa shape index (κ1) is 24.8. The van der Waals surface area contributed by atoms with E-state index in [2.05, 4.69) is 9.97 Å². The highest BCUT2D eigenvalue weighted by Gasteiger charge is 2.45. The highest BCUT2D eigenvalue weighted by atomic mass is 35.5. The number of carboxylic acids is 1. The molecule has 1 aromatic heterocycles. The number of alkyl halides is 3. The van der Waals surface area contributed by atoms with Crippen molar-refractivity contribution in [3.63, 3.8) is 0 Å². The molecule has 2 unspecified atom stereocenters. The van der Waals surface area contributed by atoms with Crippen LogP contribution in [0.4, 0.5) is 13.2 Å². The Morgan fingerprint density at radius 3 is 2.14 bits per heavy atom. The van der Waals surface area contributed by atoms with Gasteiger partial charge in [0.05, 0.1) is 27.5 Å². The molecule has 3 aromatic carbocycles. The zero-order valence-electron chi connectivity index (χ0n) is 18.1. The quantitative estimate of drug-likeness (QED) is 0.280. The number of hydrogen-bond donors (Lipinski definition) is 1. The molecule has 4 aromatic rings. The van der Waals surface area contributed by atoms with E-state index >= 15 is 0 Å². The molecule has 0 bridgehead atoms. The molecule has 0 saturated carbocycles. The van der Waals surface area contributed by atoms with Gasteiger partial charge < -0.3 is 9.84 Å². The van der Waals surface area contributed by atoms with Gasteiger partial charge in [0.25, 0.3) is 0 Å². The molecule has 1 heterocycles. The van der Waals surface area contributed by atoms with E-state index in [-0.39, 0.29) is 32.7 Å². The molecule has 0 fully saturated rings. The molecule has 0 aliphatic heterocycles. The van der Waals surface area contributed by atoms with Gasteiger partial charge in [0.1, 0.15) is 11.5 Å². The van der Waals surface area contributed by atoms with E-state index in [4.69, 9.17) is 33.0 Å². The summed E-state index contributed by atoms with van der Waals surface area (Å²) in [6.45, 7) is 1.46. The average Bonchev–Trinajstić information content (AvgIpc) is 2.78. The standard InChI is InChI=1S/C25H17Cl2F3N2O3/c1-13(23(25(28,29)30)14-2-7-21-22(10-14)32-9-8-31-21)17-5-3-15(11-19(17)26)35-16-4-6-18(24(33)34)20(27)12-16/h2-13,23H,1H3,(H,33,34). The summed E-state index contributed by atoms with van der Waals surface area (Å²) in [6, 6.07) is 12.7. The maximum atomic E-state index is 14.2. The van der Waals surface area contributed by atoms with E-state index in [9.17, 15) is 18.0 Å². The van der Waals surface area contributed by atoms with Crippen LogP contribution in [0.1, 0.15) is 40.2 Å². The van der Waals surface area contributed by atoms with E-state index in [0.29, 0.717) is 16.6 Å². The van der Waals surface area contributed by atoms with E-state index in [0.717, 1.165) is 0 Å². The van der Waals surface area contributed by atoms with Gasteiger partial charge in [-0.25, -0.2) is 4.79 Å². The predicted molar refractivity (Wildman–Crippen MR) is 127 cm³/mol. The molecule has 0 radical (unpaired) electrons. The van der Waals surface area contributed by atoms with Crippen molar-refractivity contribution in [2.24, 2.45) is 0 Å². The number of carboxylic acid groups (broad SMARTS) is 1. The Hall–Kier alpha value is -3.36. The molecule has 1 N–H and O–H groups in total. The monoisotopic (exact) mass is 520 g/mol. The summed E-state index contributed by atoms with van der Waals surface area (Å²) in [5, 5.41) is 9.15. The van der Waals surface area contributed by atoms with E-state index in [1.54, 1.807) is 0 Å². The summed E-state index contributed by atoms with van der Waals surface area (Å²) in [4.78, 5) is 19.3. The molecule has 2 atom stereocenters. The highest BCUT2D eigenvalue weighted by Crippen LogP contribution is 2.47. The second-order valence-corrected chi connectivity index (χ2v) is 8.66. The largest absolute Gasteiger partial charge is 0.478 e. The lowest BCUT2D eigenvalue weighted by molar-refractivity contribution is -0.154. The van der Waals surface area contributed by atoms with Crippen LogP contribution in [0.15, 0.2) is 67.0 Å². The van der Waals surface area contributed by atoms with Crippen LogP contribution in [0, 0.1) is 0 Å². The molecule has 0 saturated heterocycles. The molecule has 10 heteroatoms. The number of benzene rings is 3. The van der Waals surface area contributed by atoms with Gasteiger partial charge in [-0.1, -0.05) is 42.3 Å². The number of carbonyl (C=O) groups is 1. The van der Waals surface area contributed by atoms with Gasteiger partial charge in [0.15, 0.2) is 0 Å². The lowest BCUT2D eigenvalue weighted by atomic mass is 9.82. The summed E-state index contributed by atoms with van der Waals surface area (Å²) < 4.78 is 48.3. The van der Waals surface area contributed by atoms with E-state index < -0.39 is 24.0 Å². The van der Waals surface area contributed by atoms with Gasteiger partial charge >= 0.3 is 12.1 Å². The molecule has 5 nitrogen and oxygen atoms in total. The summed E-state index contributed by atoms with van der Waals surface area (Å²) in [7, 11) is 0. The Morgan fingerprint density at radius 2 is 1.54 bits per heavy atom. The van der Waals surface area contributed by atoms with Gasteiger partial charge in [-0.3, -0.25) is 9.97 Å². The fourth-order valence-electron chi connectivity index (χ4n) is 3.92. The molecule has 4 rings (SSSR count). The third-order valence-corrected chi connectivity index (χ3v) is 6.21. The number of rotatable bonds is 6. The predicted octanol–water partition coefficient (Wildman–Crippen LogP) is 7.88. The van der Waals surface area contributed by atoms with Crippen molar-refractivity contribution in [1.82, 2.24) is 9.97 Å². The van der Waals surface area contributed by atoms with Crippen molar-refractivity contribution in [2.45, 2.75) is 24.9 Å². The second kappa shape index (κ2) is 9.71. The Balaban J connectivity index is 1.63. The van der Waals surface area contributed by atoms with Gasteiger partial charge in [-0.05, 0) is 53.4 Å². The molecule has 180 valence electrons. The van der Waals surface area contributed by atoms with Gasteiger partial charge in [0, 0.05) is 23.5 Å². The van der Waals surface area contributed by atoms with Crippen LogP contribution >= 0.6 is 23.2 Å². The van der Waals surface area contributed by atoms with Gasteiger partial charge in [0.2, 0.25) is 0 Å². The SMILES string of the molecule is CC(c1ccc(Oc2ccc(C(=O)O)c(Cl)c2)cc1Cl)C(c1ccc2nccnc2c1)C(F)(F)F.